The van der Waals surface area contributed by atoms with Crippen molar-refractivity contribution < 1.29 is 9.59 Å². The van der Waals surface area contributed by atoms with Gasteiger partial charge in [0.1, 0.15) is 0 Å². The van der Waals surface area contributed by atoms with E-state index in [2.05, 4.69) is 5.32 Å². The van der Waals surface area contributed by atoms with Gasteiger partial charge in [-0.2, -0.15) is 0 Å². The minimum absolute atomic E-state index is 0.0986. The van der Waals surface area contributed by atoms with Gasteiger partial charge in [0.15, 0.2) is 0 Å². The van der Waals surface area contributed by atoms with Crippen molar-refractivity contribution in [3.8, 4) is 0 Å². The Labute approximate surface area is 106 Å². The van der Waals surface area contributed by atoms with Crippen molar-refractivity contribution in [1.29, 1.82) is 0 Å². The number of nitrogens with zero attached hydrogens (tertiary/aromatic N) is 1. The number of nitrogens with one attached hydrogen (secondary N) is 1. The molecular weight excluding hydrogens is 228 g/mol. The summed E-state index contributed by atoms with van der Waals surface area (Å²) in [6.07, 6.45) is 3.30. The van der Waals surface area contributed by atoms with E-state index in [1.54, 1.807) is 11.0 Å². The van der Waals surface area contributed by atoms with Crippen LogP contribution in [0.5, 0.6) is 0 Å². The molecule has 0 unspecified atom stereocenters. The molecule has 0 atom stereocenters. The number of carbonyl (C=O) groups excluding carboxylic acids is 2. The van der Waals surface area contributed by atoms with E-state index in [0.717, 1.165) is 11.1 Å². The number of aryl methyl sites for hydroxylation is 1. The summed E-state index contributed by atoms with van der Waals surface area (Å²) in [5.74, 6) is -0.218. The molecule has 94 valence electrons. The van der Waals surface area contributed by atoms with Crippen molar-refractivity contribution >= 4 is 17.9 Å². The van der Waals surface area contributed by atoms with Crippen molar-refractivity contribution in [2.24, 2.45) is 0 Å². The monoisotopic (exact) mass is 244 g/mol. The maximum absolute atomic E-state index is 11.9. The molecule has 0 aliphatic carbocycles. The van der Waals surface area contributed by atoms with Gasteiger partial charge in [-0.15, -0.1) is 0 Å². The summed E-state index contributed by atoms with van der Waals surface area (Å²) in [6.45, 7) is 3.26. The van der Waals surface area contributed by atoms with Gasteiger partial charge < -0.3 is 10.2 Å². The predicted octanol–water partition coefficient (Wildman–Crippen LogP) is 0.967. The van der Waals surface area contributed by atoms with E-state index in [1.807, 2.05) is 31.2 Å². The van der Waals surface area contributed by atoms with Gasteiger partial charge in [-0.05, 0) is 18.6 Å². The summed E-state index contributed by atoms with van der Waals surface area (Å²) in [5, 5.41) is 2.69. The lowest BCUT2D eigenvalue weighted by atomic mass is 10.1. The molecule has 1 heterocycles. The first-order valence-electron chi connectivity index (χ1n) is 5.95. The van der Waals surface area contributed by atoms with Gasteiger partial charge in [0, 0.05) is 19.2 Å². The van der Waals surface area contributed by atoms with Crippen LogP contribution in [0.2, 0.25) is 0 Å². The summed E-state index contributed by atoms with van der Waals surface area (Å²) in [7, 11) is 0. The molecule has 4 nitrogen and oxygen atoms in total. The average molecular weight is 244 g/mol. The molecule has 0 spiro atoms. The van der Waals surface area contributed by atoms with E-state index in [9.17, 15) is 9.59 Å². The molecule has 1 saturated heterocycles. The molecule has 1 aromatic carbocycles. The van der Waals surface area contributed by atoms with Crippen molar-refractivity contribution in [3.05, 3.63) is 41.5 Å². The van der Waals surface area contributed by atoms with Gasteiger partial charge in [0.2, 0.25) is 11.8 Å². The highest BCUT2D eigenvalue weighted by molar-refractivity contribution is 5.94. The van der Waals surface area contributed by atoms with Gasteiger partial charge in [-0.1, -0.05) is 29.8 Å². The Balaban J connectivity index is 2.00. The van der Waals surface area contributed by atoms with Crippen molar-refractivity contribution in [1.82, 2.24) is 10.2 Å². The van der Waals surface area contributed by atoms with Gasteiger partial charge in [0.05, 0.1) is 6.54 Å². The second-order valence-corrected chi connectivity index (χ2v) is 4.36. The Bertz CT molecular complexity index is 494. The Morgan fingerprint density at radius 3 is 3.00 bits per heavy atom. The molecule has 18 heavy (non-hydrogen) atoms. The third kappa shape index (κ3) is 3.20. The molecule has 1 aliphatic rings. The summed E-state index contributed by atoms with van der Waals surface area (Å²) in [4.78, 5) is 24.6. The minimum atomic E-state index is -0.119. The topological polar surface area (TPSA) is 49.4 Å². The van der Waals surface area contributed by atoms with Crippen LogP contribution >= 0.6 is 0 Å². The highest BCUT2D eigenvalue weighted by Gasteiger charge is 2.18. The molecule has 0 saturated carbocycles. The Kier molecular flexibility index (Phi) is 3.77. The van der Waals surface area contributed by atoms with Crippen LogP contribution in [0.15, 0.2) is 30.3 Å². The standard InChI is InChI=1S/C14H16N2O2/c1-11-3-2-4-12(9-11)5-6-14(18)16-8-7-15-13(17)10-16/h2-6,9H,7-8,10H2,1H3,(H,15,17)/b6-5-. The van der Waals surface area contributed by atoms with E-state index < -0.39 is 0 Å². The van der Waals surface area contributed by atoms with E-state index in [0.29, 0.717) is 13.1 Å². The van der Waals surface area contributed by atoms with Gasteiger partial charge in [0.25, 0.3) is 0 Å². The zero-order chi connectivity index (χ0) is 13.0. The van der Waals surface area contributed by atoms with E-state index >= 15 is 0 Å². The third-order valence-electron chi connectivity index (χ3n) is 2.81. The number of amides is 2. The fraction of sp³-hybridized carbons (Fsp3) is 0.286. The van der Waals surface area contributed by atoms with Crippen molar-refractivity contribution in [2.45, 2.75) is 6.92 Å². The third-order valence-corrected chi connectivity index (χ3v) is 2.81. The Morgan fingerprint density at radius 1 is 1.44 bits per heavy atom. The van der Waals surface area contributed by atoms with Crippen molar-refractivity contribution in [2.75, 3.05) is 19.6 Å². The van der Waals surface area contributed by atoms with Crippen LogP contribution in [-0.2, 0) is 9.59 Å². The predicted molar refractivity (Wildman–Crippen MR) is 69.8 cm³/mol. The molecule has 1 N–H and O–H groups in total. The van der Waals surface area contributed by atoms with E-state index in [-0.39, 0.29) is 18.4 Å². The molecule has 1 aliphatic heterocycles. The van der Waals surface area contributed by atoms with E-state index in [1.165, 1.54) is 6.08 Å². The first-order valence-corrected chi connectivity index (χ1v) is 5.95. The number of rotatable bonds is 2. The highest BCUT2D eigenvalue weighted by atomic mass is 16.2. The zero-order valence-electron chi connectivity index (χ0n) is 10.3. The van der Waals surface area contributed by atoms with Crippen LogP contribution in [0.3, 0.4) is 0 Å². The lowest BCUT2D eigenvalue weighted by molar-refractivity contribution is -0.134. The van der Waals surface area contributed by atoms with Crippen molar-refractivity contribution in [3.63, 3.8) is 0 Å². The molecule has 4 heteroatoms. The largest absolute Gasteiger partial charge is 0.353 e. The molecule has 0 radical (unpaired) electrons. The van der Waals surface area contributed by atoms with Crippen LogP contribution in [0.1, 0.15) is 11.1 Å². The van der Waals surface area contributed by atoms with Crippen LogP contribution in [-0.4, -0.2) is 36.3 Å². The first-order chi connectivity index (χ1) is 8.65. The fourth-order valence-electron chi connectivity index (χ4n) is 1.87. The summed E-state index contributed by atoms with van der Waals surface area (Å²) >= 11 is 0. The van der Waals surface area contributed by atoms with Crippen LogP contribution in [0.4, 0.5) is 0 Å². The number of hydrogen-bond acceptors (Lipinski definition) is 2. The van der Waals surface area contributed by atoms with Crippen LogP contribution < -0.4 is 5.32 Å². The highest BCUT2D eigenvalue weighted by Crippen LogP contribution is 2.06. The number of carbonyl (C=O) groups is 2. The lowest BCUT2D eigenvalue weighted by Crippen LogP contribution is -2.49. The Hall–Kier alpha value is -2.10. The van der Waals surface area contributed by atoms with Gasteiger partial charge in [-0.25, -0.2) is 0 Å². The molecule has 0 bridgehead atoms. The second kappa shape index (κ2) is 5.49. The second-order valence-electron chi connectivity index (χ2n) is 4.36. The number of hydrogen-bond donors (Lipinski definition) is 1. The number of piperazine rings is 1. The maximum atomic E-state index is 11.9. The average Bonchev–Trinajstić information content (AvgIpc) is 2.36. The van der Waals surface area contributed by atoms with Crippen LogP contribution in [0, 0.1) is 6.92 Å². The Morgan fingerprint density at radius 2 is 2.28 bits per heavy atom. The molecule has 2 rings (SSSR count). The van der Waals surface area contributed by atoms with E-state index in [4.69, 9.17) is 0 Å². The molecule has 2 amide bonds. The first kappa shape index (κ1) is 12.4. The maximum Gasteiger partial charge on any atom is 0.247 e. The minimum Gasteiger partial charge on any atom is -0.353 e. The summed E-state index contributed by atoms with van der Waals surface area (Å²) < 4.78 is 0. The molecule has 0 aromatic heterocycles. The molecule has 1 aromatic rings. The molecule has 1 fully saturated rings. The van der Waals surface area contributed by atoms with Gasteiger partial charge in [-0.3, -0.25) is 9.59 Å². The number of benzene rings is 1. The van der Waals surface area contributed by atoms with Crippen LogP contribution in [0.25, 0.3) is 6.08 Å². The SMILES string of the molecule is Cc1cccc(/C=C\C(=O)N2CCNC(=O)C2)c1. The smallest absolute Gasteiger partial charge is 0.247 e. The fourth-order valence-corrected chi connectivity index (χ4v) is 1.87. The lowest BCUT2D eigenvalue weighted by Gasteiger charge is -2.25. The quantitative estimate of drug-likeness (QED) is 0.788. The summed E-state index contributed by atoms with van der Waals surface area (Å²) in [6, 6.07) is 7.91. The zero-order valence-corrected chi connectivity index (χ0v) is 10.3. The van der Waals surface area contributed by atoms with Gasteiger partial charge >= 0.3 is 0 Å². The summed E-state index contributed by atoms with van der Waals surface area (Å²) in [5.41, 5.74) is 2.15. The normalized spacial score (nSPS) is 15.8. The molecular formula is C14H16N2O2.